The van der Waals surface area contributed by atoms with Crippen molar-refractivity contribution in [3.8, 4) is 0 Å². The molecule has 0 unspecified atom stereocenters. The number of nitrogens with zero attached hydrogens (tertiary/aromatic N) is 1. The Morgan fingerprint density at radius 3 is 2.84 bits per heavy atom. The quantitative estimate of drug-likeness (QED) is 0.772. The van der Waals surface area contributed by atoms with Crippen molar-refractivity contribution in [1.29, 1.82) is 0 Å². The van der Waals surface area contributed by atoms with E-state index in [1.807, 2.05) is 43.5 Å². The van der Waals surface area contributed by atoms with Gasteiger partial charge >= 0.3 is 0 Å². The second-order valence-electron chi connectivity index (χ2n) is 4.36. The van der Waals surface area contributed by atoms with E-state index in [0.717, 1.165) is 32.6 Å². The van der Waals surface area contributed by atoms with Crippen LogP contribution in [0.4, 0.5) is 5.82 Å². The van der Waals surface area contributed by atoms with Crippen molar-refractivity contribution in [3.05, 3.63) is 58.6 Å². The van der Waals surface area contributed by atoms with Gasteiger partial charge in [-0.25, -0.2) is 4.98 Å². The molecule has 0 radical (unpaired) electrons. The highest BCUT2D eigenvalue weighted by molar-refractivity contribution is 9.10. The van der Waals surface area contributed by atoms with Crippen molar-refractivity contribution >= 4 is 32.5 Å². The van der Waals surface area contributed by atoms with Crippen LogP contribution in [0, 0.1) is 6.92 Å². The Morgan fingerprint density at radius 1 is 1.16 bits per heavy atom. The largest absolute Gasteiger partial charge is 0.465 e. The molecular weight excluding hydrogens is 304 g/mol. The molecule has 3 aromatic rings. The summed E-state index contributed by atoms with van der Waals surface area (Å²) in [5.74, 6) is 2.70. The van der Waals surface area contributed by atoms with Crippen LogP contribution >= 0.6 is 15.9 Å². The molecule has 0 amide bonds. The lowest BCUT2D eigenvalue weighted by Crippen LogP contribution is -2.00. The molecule has 0 bridgehead atoms. The number of halogens is 1. The monoisotopic (exact) mass is 316 g/mol. The Hall–Kier alpha value is -1.81. The first-order valence-corrected chi connectivity index (χ1v) is 6.86. The van der Waals surface area contributed by atoms with Gasteiger partial charge in [0.2, 0.25) is 0 Å². The fraction of sp³-hybridized carbons (Fsp3) is 0.133. The van der Waals surface area contributed by atoms with Gasteiger partial charge in [0.15, 0.2) is 0 Å². The Morgan fingerprint density at radius 2 is 2.05 bits per heavy atom. The van der Waals surface area contributed by atoms with E-state index in [9.17, 15) is 0 Å². The van der Waals surface area contributed by atoms with E-state index in [0.29, 0.717) is 6.54 Å². The molecule has 19 heavy (non-hydrogen) atoms. The van der Waals surface area contributed by atoms with Crippen LogP contribution in [0.5, 0.6) is 0 Å². The summed E-state index contributed by atoms with van der Waals surface area (Å²) >= 11 is 3.56. The van der Waals surface area contributed by atoms with E-state index in [1.165, 1.54) is 0 Å². The van der Waals surface area contributed by atoms with E-state index in [4.69, 9.17) is 4.42 Å². The summed E-state index contributed by atoms with van der Waals surface area (Å²) in [7, 11) is 0. The molecular formula is C15H13BrN2O. The predicted octanol–water partition coefficient (Wildman–Crippen LogP) is 4.51. The average molecular weight is 317 g/mol. The first-order valence-electron chi connectivity index (χ1n) is 6.06. The number of nitrogens with one attached hydrogen (secondary N) is 1. The molecule has 1 N–H and O–H groups in total. The molecule has 0 aliphatic rings. The highest BCUT2D eigenvalue weighted by atomic mass is 79.9. The summed E-state index contributed by atoms with van der Waals surface area (Å²) in [4.78, 5) is 4.40. The Labute approximate surface area is 119 Å². The van der Waals surface area contributed by atoms with Crippen LogP contribution in [0.2, 0.25) is 0 Å². The van der Waals surface area contributed by atoms with Gasteiger partial charge in [0.1, 0.15) is 17.3 Å². The first kappa shape index (κ1) is 12.2. The van der Waals surface area contributed by atoms with Gasteiger partial charge in [-0.05, 0) is 31.2 Å². The van der Waals surface area contributed by atoms with Gasteiger partial charge in [-0.1, -0.05) is 28.1 Å². The smallest absolute Gasteiger partial charge is 0.134 e. The molecule has 2 heterocycles. The second-order valence-corrected chi connectivity index (χ2v) is 5.21. The molecule has 0 fully saturated rings. The number of hydrogen-bond donors (Lipinski definition) is 1. The Balaban J connectivity index is 1.91. The summed E-state index contributed by atoms with van der Waals surface area (Å²) < 4.78 is 6.61. The van der Waals surface area contributed by atoms with Gasteiger partial charge in [-0.3, -0.25) is 0 Å². The summed E-state index contributed by atoms with van der Waals surface area (Å²) in [5, 5.41) is 5.56. The van der Waals surface area contributed by atoms with Crippen LogP contribution in [0.15, 0.2) is 51.5 Å². The number of fused-ring (bicyclic) bond motifs is 1. The second kappa shape index (κ2) is 5.05. The molecule has 3 rings (SSSR count). The molecule has 96 valence electrons. The molecule has 1 aromatic carbocycles. The van der Waals surface area contributed by atoms with Gasteiger partial charge in [0.25, 0.3) is 0 Å². The van der Waals surface area contributed by atoms with Crippen LogP contribution in [0.1, 0.15) is 11.5 Å². The molecule has 0 aliphatic heterocycles. The molecule has 0 spiro atoms. The molecule has 0 saturated heterocycles. The molecule has 4 heteroatoms. The number of aryl methyl sites for hydroxylation is 1. The minimum absolute atomic E-state index is 0.631. The standard InChI is InChI=1S/C15H13BrN2O/c1-10-5-6-11(19-10)9-18-15-13-3-2-4-14(16)12(13)7-8-17-15/h2-8H,9H2,1H3,(H,17,18). The zero-order valence-corrected chi connectivity index (χ0v) is 12.1. The molecule has 3 nitrogen and oxygen atoms in total. The third kappa shape index (κ3) is 2.49. The molecule has 0 aliphatic carbocycles. The lowest BCUT2D eigenvalue weighted by Gasteiger charge is -2.08. The van der Waals surface area contributed by atoms with E-state index in [1.54, 1.807) is 0 Å². The Kier molecular flexibility index (Phi) is 3.25. The van der Waals surface area contributed by atoms with Crippen molar-refractivity contribution < 1.29 is 4.42 Å². The van der Waals surface area contributed by atoms with Crippen molar-refractivity contribution in [2.75, 3.05) is 5.32 Å². The van der Waals surface area contributed by atoms with Crippen molar-refractivity contribution in [1.82, 2.24) is 4.98 Å². The van der Waals surface area contributed by atoms with Gasteiger partial charge in [0, 0.05) is 21.4 Å². The average Bonchev–Trinajstić information content (AvgIpc) is 2.83. The molecule has 0 atom stereocenters. The van der Waals surface area contributed by atoms with E-state index >= 15 is 0 Å². The highest BCUT2D eigenvalue weighted by Crippen LogP contribution is 2.27. The van der Waals surface area contributed by atoms with Gasteiger partial charge in [0.05, 0.1) is 6.54 Å². The maximum Gasteiger partial charge on any atom is 0.134 e. The number of pyridine rings is 1. The maximum atomic E-state index is 5.54. The van der Waals surface area contributed by atoms with Gasteiger partial charge < -0.3 is 9.73 Å². The highest BCUT2D eigenvalue weighted by Gasteiger charge is 2.05. The maximum absolute atomic E-state index is 5.54. The van der Waals surface area contributed by atoms with E-state index < -0.39 is 0 Å². The number of furan rings is 1. The fourth-order valence-electron chi connectivity index (χ4n) is 2.06. The third-order valence-electron chi connectivity index (χ3n) is 2.98. The van der Waals surface area contributed by atoms with Gasteiger partial charge in [-0.15, -0.1) is 0 Å². The summed E-state index contributed by atoms with van der Waals surface area (Å²) in [6, 6.07) is 12.0. The summed E-state index contributed by atoms with van der Waals surface area (Å²) in [5.41, 5.74) is 0. The molecule has 2 aromatic heterocycles. The van der Waals surface area contributed by atoms with E-state index in [2.05, 4.69) is 32.3 Å². The normalized spacial score (nSPS) is 10.8. The minimum atomic E-state index is 0.631. The van der Waals surface area contributed by atoms with Gasteiger partial charge in [-0.2, -0.15) is 0 Å². The zero-order valence-electron chi connectivity index (χ0n) is 10.5. The first-order chi connectivity index (χ1) is 9.24. The topological polar surface area (TPSA) is 38.1 Å². The summed E-state index contributed by atoms with van der Waals surface area (Å²) in [6.07, 6.45) is 1.81. The number of anilines is 1. The lowest BCUT2D eigenvalue weighted by atomic mass is 10.1. The zero-order chi connectivity index (χ0) is 13.2. The molecule has 0 saturated carbocycles. The van der Waals surface area contributed by atoms with Crippen LogP contribution in [-0.2, 0) is 6.54 Å². The minimum Gasteiger partial charge on any atom is -0.465 e. The number of aromatic nitrogens is 1. The van der Waals surface area contributed by atoms with Crippen LogP contribution in [-0.4, -0.2) is 4.98 Å². The lowest BCUT2D eigenvalue weighted by molar-refractivity contribution is 0.490. The van der Waals surface area contributed by atoms with E-state index in [-0.39, 0.29) is 0 Å². The number of rotatable bonds is 3. The summed E-state index contributed by atoms with van der Waals surface area (Å²) in [6.45, 7) is 2.57. The van der Waals surface area contributed by atoms with Crippen molar-refractivity contribution in [3.63, 3.8) is 0 Å². The van der Waals surface area contributed by atoms with Crippen molar-refractivity contribution in [2.45, 2.75) is 13.5 Å². The van der Waals surface area contributed by atoms with Crippen LogP contribution in [0.25, 0.3) is 10.8 Å². The Bertz CT molecular complexity index is 721. The van der Waals surface area contributed by atoms with Crippen molar-refractivity contribution in [2.24, 2.45) is 0 Å². The fourth-order valence-corrected chi connectivity index (χ4v) is 2.56. The van der Waals surface area contributed by atoms with Crippen LogP contribution in [0.3, 0.4) is 0 Å². The SMILES string of the molecule is Cc1ccc(CNc2nccc3c(Br)cccc23)o1. The number of benzene rings is 1. The predicted molar refractivity (Wildman–Crippen MR) is 80.2 cm³/mol. The van der Waals surface area contributed by atoms with Crippen LogP contribution < -0.4 is 5.32 Å². The number of hydrogen-bond acceptors (Lipinski definition) is 3. The third-order valence-corrected chi connectivity index (χ3v) is 3.67.